The number of ether oxygens (including phenoxy) is 1. The zero-order chi connectivity index (χ0) is 14.6. The van der Waals surface area contributed by atoms with Crippen LogP contribution in [0.15, 0.2) is 24.3 Å². The third-order valence-electron chi connectivity index (χ3n) is 4.34. The van der Waals surface area contributed by atoms with Crippen molar-refractivity contribution in [3.05, 3.63) is 29.8 Å². The Balaban J connectivity index is 2.15. The summed E-state index contributed by atoms with van der Waals surface area (Å²) in [6.45, 7) is 7.78. The monoisotopic (exact) mass is 275 g/mol. The first kappa shape index (κ1) is 15.4. The van der Waals surface area contributed by atoms with Crippen LogP contribution in [0.25, 0.3) is 0 Å². The largest absolute Gasteiger partial charge is 0.497 e. The summed E-state index contributed by atoms with van der Waals surface area (Å²) in [6, 6.07) is 8.63. The molecule has 0 amide bonds. The Morgan fingerprint density at radius 2 is 1.95 bits per heavy atom. The van der Waals surface area contributed by atoms with Crippen molar-refractivity contribution in [2.45, 2.75) is 57.9 Å². The van der Waals surface area contributed by atoms with E-state index in [2.05, 4.69) is 44.3 Å². The Kier molecular flexibility index (Phi) is 5.09. The second kappa shape index (κ2) is 6.62. The normalized spacial score (nSPS) is 18.2. The van der Waals surface area contributed by atoms with Crippen LogP contribution in [0.1, 0.15) is 57.9 Å². The highest BCUT2D eigenvalue weighted by atomic mass is 16.5. The molecule has 20 heavy (non-hydrogen) atoms. The van der Waals surface area contributed by atoms with Crippen LogP contribution in [0.2, 0.25) is 0 Å². The molecule has 1 N–H and O–H groups in total. The zero-order valence-corrected chi connectivity index (χ0v) is 13.4. The lowest BCUT2D eigenvalue weighted by Crippen LogP contribution is -2.39. The van der Waals surface area contributed by atoms with Crippen molar-refractivity contribution in [1.29, 1.82) is 0 Å². The summed E-state index contributed by atoms with van der Waals surface area (Å²) in [6.07, 6.45) is 5.52. The van der Waals surface area contributed by atoms with E-state index in [9.17, 15) is 0 Å². The topological polar surface area (TPSA) is 21.3 Å². The number of methoxy groups -OCH3 is 1. The molecule has 0 aromatic heterocycles. The molecule has 112 valence electrons. The summed E-state index contributed by atoms with van der Waals surface area (Å²) in [7, 11) is 1.75. The highest BCUT2D eigenvalue weighted by Crippen LogP contribution is 2.38. The van der Waals surface area contributed by atoms with E-state index in [1.165, 1.54) is 31.2 Å². The Hall–Kier alpha value is -1.02. The molecular weight excluding hydrogens is 246 g/mol. The molecule has 0 bridgehead atoms. The Bertz CT molecular complexity index is 416. The standard InChI is InChI=1S/C18H29NO/c1-18(2,3)19-13-17(14-8-5-6-9-14)15-10-7-11-16(12-15)20-4/h7,10-12,14,17,19H,5-6,8-9,13H2,1-4H3. The average Bonchev–Trinajstić information content (AvgIpc) is 2.92. The third-order valence-corrected chi connectivity index (χ3v) is 4.34. The lowest BCUT2D eigenvalue weighted by atomic mass is 9.84. The van der Waals surface area contributed by atoms with E-state index in [0.29, 0.717) is 5.92 Å². The van der Waals surface area contributed by atoms with Gasteiger partial charge in [-0.2, -0.15) is 0 Å². The summed E-state index contributed by atoms with van der Waals surface area (Å²) in [4.78, 5) is 0. The predicted octanol–water partition coefficient (Wildman–Crippen LogP) is 4.36. The van der Waals surface area contributed by atoms with Crippen molar-refractivity contribution < 1.29 is 4.74 Å². The Labute approximate surface area is 123 Å². The van der Waals surface area contributed by atoms with Crippen molar-refractivity contribution in [3.63, 3.8) is 0 Å². The molecule has 1 unspecified atom stereocenters. The van der Waals surface area contributed by atoms with E-state index in [4.69, 9.17) is 4.74 Å². The first-order valence-electron chi connectivity index (χ1n) is 7.88. The van der Waals surface area contributed by atoms with E-state index in [0.717, 1.165) is 18.2 Å². The SMILES string of the molecule is COc1cccc(C(CNC(C)(C)C)C2CCCC2)c1. The number of hydrogen-bond acceptors (Lipinski definition) is 2. The van der Waals surface area contributed by atoms with Crippen LogP contribution in [0.5, 0.6) is 5.75 Å². The van der Waals surface area contributed by atoms with Gasteiger partial charge < -0.3 is 10.1 Å². The Morgan fingerprint density at radius 3 is 2.55 bits per heavy atom. The smallest absolute Gasteiger partial charge is 0.119 e. The summed E-state index contributed by atoms with van der Waals surface area (Å²) >= 11 is 0. The molecule has 1 atom stereocenters. The number of benzene rings is 1. The molecule has 0 aliphatic heterocycles. The molecule has 1 fully saturated rings. The maximum Gasteiger partial charge on any atom is 0.119 e. The van der Waals surface area contributed by atoms with Crippen molar-refractivity contribution >= 4 is 0 Å². The van der Waals surface area contributed by atoms with Crippen LogP contribution in [0, 0.1) is 5.92 Å². The molecule has 1 aromatic carbocycles. The minimum absolute atomic E-state index is 0.176. The second-order valence-electron chi connectivity index (χ2n) is 7.06. The van der Waals surface area contributed by atoms with Crippen molar-refractivity contribution in [2.24, 2.45) is 5.92 Å². The van der Waals surface area contributed by atoms with Crippen molar-refractivity contribution in [2.75, 3.05) is 13.7 Å². The second-order valence-corrected chi connectivity index (χ2v) is 7.06. The third kappa shape index (κ3) is 4.24. The van der Waals surface area contributed by atoms with Crippen LogP contribution >= 0.6 is 0 Å². The first-order chi connectivity index (χ1) is 9.49. The molecule has 0 spiro atoms. The maximum atomic E-state index is 5.39. The Morgan fingerprint density at radius 1 is 1.25 bits per heavy atom. The molecule has 2 nitrogen and oxygen atoms in total. The van der Waals surface area contributed by atoms with E-state index in [1.807, 2.05) is 6.07 Å². The minimum atomic E-state index is 0.176. The summed E-state index contributed by atoms with van der Waals surface area (Å²) in [5.41, 5.74) is 1.60. The highest BCUT2D eigenvalue weighted by molar-refractivity contribution is 5.31. The van der Waals surface area contributed by atoms with Crippen LogP contribution in [-0.4, -0.2) is 19.2 Å². The molecule has 1 aliphatic rings. The molecule has 0 saturated heterocycles. The van der Waals surface area contributed by atoms with Gasteiger partial charge in [-0.3, -0.25) is 0 Å². The quantitative estimate of drug-likeness (QED) is 0.862. The van der Waals surface area contributed by atoms with Crippen molar-refractivity contribution in [3.8, 4) is 5.75 Å². The summed E-state index contributed by atoms with van der Waals surface area (Å²) < 4.78 is 5.39. The molecule has 2 rings (SSSR count). The van der Waals surface area contributed by atoms with Crippen LogP contribution < -0.4 is 10.1 Å². The van der Waals surface area contributed by atoms with E-state index < -0.39 is 0 Å². The molecule has 1 saturated carbocycles. The molecular formula is C18H29NO. The number of nitrogens with one attached hydrogen (secondary N) is 1. The van der Waals surface area contributed by atoms with Gasteiger partial charge >= 0.3 is 0 Å². The van der Waals surface area contributed by atoms with Crippen LogP contribution in [0.4, 0.5) is 0 Å². The van der Waals surface area contributed by atoms with Gasteiger partial charge in [-0.1, -0.05) is 25.0 Å². The van der Waals surface area contributed by atoms with E-state index in [-0.39, 0.29) is 5.54 Å². The van der Waals surface area contributed by atoms with Gasteiger partial charge in [0.05, 0.1) is 7.11 Å². The summed E-state index contributed by atoms with van der Waals surface area (Å²) in [5, 5.41) is 3.69. The fraction of sp³-hybridized carbons (Fsp3) is 0.667. The molecule has 0 heterocycles. The van der Waals surface area contributed by atoms with Crippen LogP contribution in [-0.2, 0) is 0 Å². The average molecular weight is 275 g/mol. The van der Waals surface area contributed by atoms with Gasteiger partial charge in [0, 0.05) is 12.1 Å². The highest BCUT2D eigenvalue weighted by Gasteiger charge is 2.27. The van der Waals surface area contributed by atoms with Gasteiger partial charge in [-0.25, -0.2) is 0 Å². The van der Waals surface area contributed by atoms with Crippen molar-refractivity contribution in [1.82, 2.24) is 5.32 Å². The summed E-state index contributed by atoms with van der Waals surface area (Å²) in [5.74, 6) is 2.39. The van der Waals surface area contributed by atoms with Gasteiger partial charge in [0.15, 0.2) is 0 Å². The van der Waals surface area contributed by atoms with E-state index >= 15 is 0 Å². The zero-order valence-electron chi connectivity index (χ0n) is 13.4. The van der Waals surface area contributed by atoms with E-state index in [1.54, 1.807) is 7.11 Å². The lowest BCUT2D eigenvalue weighted by Gasteiger charge is -2.29. The van der Waals surface area contributed by atoms with Gasteiger partial charge in [0.25, 0.3) is 0 Å². The molecule has 1 aliphatic carbocycles. The molecule has 2 heteroatoms. The lowest BCUT2D eigenvalue weighted by molar-refractivity contribution is 0.349. The van der Waals surface area contributed by atoms with Gasteiger partial charge in [-0.05, 0) is 63.1 Å². The first-order valence-corrected chi connectivity index (χ1v) is 7.88. The fourth-order valence-corrected chi connectivity index (χ4v) is 3.20. The van der Waals surface area contributed by atoms with Crippen LogP contribution in [0.3, 0.4) is 0 Å². The molecule has 1 aromatic rings. The van der Waals surface area contributed by atoms with Gasteiger partial charge in [-0.15, -0.1) is 0 Å². The number of hydrogen-bond donors (Lipinski definition) is 1. The predicted molar refractivity (Wildman–Crippen MR) is 85.4 cm³/mol. The van der Waals surface area contributed by atoms with Gasteiger partial charge in [0.2, 0.25) is 0 Å². The maximum absolute atomic E-state index is 5.39. The molecule has 0 radical (unpaired) electrons. The fourth-order valence-electron chi connectivity index (χ4n) is 3.20. The minimum Gasteiger partial charge on any atom is -0.497 e. The number of rotatable bonds is 5. The van der Waals surface area contributed by atoms with Gasteiger partial charge in [0.1, 0.15) is 5.75 Å².